The van der Waals surface area contributed by atoms with Gasteiger partial charge in [0, 0.05) is 23.2 Å². The first-order valence-electron chi connectivity index (χ1n) is 12.1. The summed E-state index contributed by atoms with van der Waals surface area (Å²) in [7, 11) is 0. The summed E-state index contributed by atoms with van der Waals surface area (Å²) in [6.45, 7) is 5.59. The Kier molecular flexibility index (Phi) is 6.00. The molecule has 6 heteroatoms. The van der Waals surface area contributed by atoms with Crippen molar-refractivity contribution in [3.8, 4) is 0 Å². The third-order valence-electron chi connectivity index (χ3n) is 9.21. The summed E-state index contributed by atoms with van der Waals surface area (Å²) in [5.74, 6) is -0.675. The van der Waals surface area contributed by atoms with Crippen LogP contribution in [0.4, 0.5) is 0 Å². The van der Waals surface area contributed by atoms with Crippen molar-refractivity contribution < 1.29 is 29.3 Å². The molecule has 3 saturated carbocycles. The predicted octanol–water partition coefficient (Wildman–Crippen LogP) is 3.30. The molecule has 0 aromatic heterocycles. The molecule has 7 atom stereocenters. The summed E-state index contributed by atoms with van der Waals surface area (Å²) in [6, 6.07) is 0. The summed E-state index contributed by atoms with van der Waals surface area (Å²) in [4.78, 5) is 37.0. The number of rotatable bonds is 6. The van der Waals surface area contributed by atoms with E-state index in [1.54, 1.807) is 12.2 Å². The molecule has 6 nitrogen and oxygen atoms in total. The molecule has 32 heavy (non-hydrogen) atoms. The molecule has 0 aromatic carbocycles. The first-order valence-corrected chi connectivity index (χ1v) is 12.1. The summed E-state index contributed by atoms with van der Waals surface area (Å²) in [5, 5.41) is 23.0. The second-order valence-electron chi connectivity index (χ2n) is 10.8. The Hall–Kier alpha value is -1.79. The zero-order valence-corrected chi connectivity index (χ0v) is 19.4. The number of unbranched alkanes of at least 4 members (excludes halogenated alkanes) is 1. The summed E-state index contributed by atoms with van der Waals surface area (Å²) in [5.41, 5.74) is -1.68. The van der Waals surface area contributed by atoms with E-state index >= 15 is 0 Å². The number of aliphatic hydroxyl groups is 2. The number of hydrogen-bond donors (Lipinski definition) is 2. The number of ketones is 2. The molecule has 2 N–H and O–H groups in total. The van der Waals surface area contributed by atoms with Gasteiger partial charge in [-0.15, -0.1) is 0 Å². The lowest BCUT2D eigenvalue weighted by atomic mass is 9.46. The molecule has 0 bridgehead atoms. The number of carbonyl (C=O) groups is 3. The maximum atomic E-state index is 13.1. The smallest absolute Gasteiger partial charge is 0.306 e. The predicted molar refractivity (Wildman–Crippen MR) is 118 cm³/mol. The van der Waals surface area contributed by atoms with Crippen LogP contribution in [-0.4, -0.2) is 46.1 Å². The Labute approximate surface area is 190 Å². The first kappa shape index (κ1) is 23.4. The number of allylic oxidation sites excluding steroid dienone is 4. The molecule has 176 valence electrons. The monoisotopic (exact) mass is 444 g/mol. The molecule has 1 unspecified atom stereocenters. The van der Waals surface area contributed by atoms with E-state index in [0.717, 1.165) is 24.8 Å². The van der Waals surface area contributed by atoms with Crippen LogP contribution in [0.2, 0.25) is 0 Å². The third kappa shape index (κ3) is 3.41. The Morgan fingerprint density at radius 2 is 2.00 bits per heavy atom. The van der Waals surface area contributed by atoms with Crippen LogP contribution in [-0.2, 0) is 19.1 Å². The Balaban J connectivity index is 1.56. The summed E-state index contributed by atoms with van der Waals surface area (Å²) in [6.07, 6.45) is 9.39. The van der Waals surface area contributed by atoms with E-state index in [4.69, 9.17) is 4.74 Å². The van der Waals surface area contributed by atoms with Crippen molar-refractivity contribution in [2.24, 2.45) is 28.6 Å². The lowest BCUT2D eigenvalue weighted by Crippen LogP contribution is -2.61. The highest BCUT2D eigenvalue weighted by Gasteiger charge is 2.68. The highest BCUT2D eigenvalue weighted by atomic mass is 16.5. The second-order valence-corrected chi connectivity index (χ2v) is 10.8. The first-order chi connectivity index (χ1) is 15.1. The van der Waals surface area contributed by atoms with Gasteiger partial charge in [-0.25, -0.2) is 0 Å². The summed E-state index contributed by atoms with van der Waals surface area (Å²) >= 11 is 0. The van der Waals surface area contributed by atoms with E-state index in [2.05, 4.69) is 6.92 Å². The highest BCUT2D eigenvalue weighted by Crippen LogP contribution is 2.67. The standard InChI is InChI=1S/C26H36O6/c1-4-5-6-22(30)32-15-21(29)26(31)12-10-19-18-8-7-16-13-17(27)9-11-24(16,2)23(18)20(28)14-25(19,26)3/h9,11,13,18-20,23,28,31H,4-8,10,12,14-15H2,1-3H3/t18-,19-,20?,23+,24-,25-,26-/m0/s1. The van der Waals surface area contributed by atoms with E-state index in [1.165, 1.54) is 0 Å². The lowest BCUT2D eigenvalue weighted by Gasteiger charge is -2.59. The van der Waals surface area contributed by atoms with Crippen molar-refractivity contribution in [1.29, 1.82) is 0 Å². The maximum Gasteiger partial charge on any atom is 0.306 e. The second kappa shape index (κ2) is 8.21. The van der Waals surface area contributed by atoms with Gasteiger partial charge in [0.15, 0.2) is 12.4 Å². The van der Waals surface area contributed by atoms with Crippen LogP contribution in [0.5, 0.6) is 0 Å². The van der Waals surface area contributed by atoms with Crippen molar-refractivity contribution in [1.82, 2.24) is 0 Å². The van der Waals surface area contributed by atoms with Gasteiger partial charge in [-0.3, -0.25) is 14.4 Å². The van der Waals surface area contributed by atoms with E-state index in [9.17, 15) is 24.6 Å². The zero-order chi connectivity index (χ0) is 23.3. The molecule has 0 spiro atoms. The van der Waals surface area contributed by atoms with Crippen LogP contribution in [0.3, 0.4) is 0 Å². The van der Waals surface area contributed by atoms with Crippen LogP contribution < -0.4 is 0 Å². The van der Waals surface area contributed by atoms with Gasteiger partial charge in [0.25, 0.3) is 0 Å². The Morgan fingerprint density at radius 1 is 1.25 bits per heavy atom. The van der Waals surface area contributed by atoms with Gasteiger partial charge in [0.1, 0.15) is 5.60 Å². The van der Waals surface area contributed by atoms with Crippen LogP contribution >= 0.6 is 0 Å². The molecule has 0 aromatic rings. The normalized spacial score (nSPS) is 42.5. The minimum atomic E-state index is -1.61. The molecule has 0 saturated heterocycles. The van der Waals surface area contributed by atoms with Gasteiger partial charge in [0.05, 0.1) is 6.10 Å². The van der Waals surface area contributed by atoms with Crippen LogP contribution in [0, 0.1) is 28.6 Å². The Bertz CT molecular complexity index is 874. The third-order valence-corrected chi connectivity index (χ3v) is 9.21. The van der Waals surface area contributed by atoms with E-state index in [1.807, 2.05) is 19.9 Å². The molecule has 0 aliphatic heterocycles. The molecule has 3 fully saturated rings. The van der Waals surface area contributed by atoms with Crippen molar-refractivity contribution in [3.05, 3.63) is 23.8 Å². The number of fused-ring (bicyclic) bond motifs is 5. The van der Waals surface area contributed by atoms with E-state index in [-0.39, 0.29) is 35.4 Å². The summed E-state index contributed by atoms with van der Waals surface area (Å²) < 4.78 is 5.18. The number of hydrogen-bond acceptors (Lipinski definition) is 6. The van der Waals surface area contributed by atoms with Crippen molar-refractivity contribution in [2.75, 3.05) is 6.61 Å². The lowest BCUT2D eigenvalue weighted by molar-refractivity contribution is -0.181. The largest absolute Gasteiger partial charge is 0.458 e. The number of carbonyl (C=O) groups excluding carboxylic acids is 3. The number of Topliss-reactive ketones (excluding diaryl/α,β-unsaturated/α-hetero) is 1. The molecular weight excluding hydrogens is 408 g/mol. The maximum absolute atomic E-state index is 13.1. The molecule has 0 heterocycles. The quantitative estimate of drug-likeness (QED) is 0.610. The van der Waals surface area contributed by atoms with Crippen molar-refractivity contribution in [3.63, 3.8) is 0 Å². The van der Waals surface area contributed by atoms with Crippen LogP contribution in [0.1, 0.15) is 72.1 Å². The SMILES string of the molecule is CCCCC(=O)OCC(=O)[C@@]1(O)CC[C@H]2[C@@H]3CCC4=CC(=O)C=C[C@]4(C)[C@H]3C(O)C[C@@]21C. The molecule has 0 amide bonds. The minimum Gasteiger partial charge on any atom is -0.458 e. The average Bonchev–Trinajstić information content (AvgIpc) is 3.02. The van der Waals surface area contributed by atoms with Gasteiger partial charge in [-0.2, -0.15) is 0 Å². The topological polar surface area (TPSA) is 101 Å². The van der Waals surface area contributed by atoms with Crippen molar-refractivity contribution in [2.45, 2.75) is 83.8 Å². The molecular formula is C26H36O6. The average molecular weight is 445 g/mol. The molecule has 0 radical (unpaired) electrons. The van der Waals surface area contributed by atoms with Gasteiger partial charge >= 0.3 is 5.97 Å². The van der Waals surface area contributed by atoms with Crippen LogP contribution in [0.25, 0.3) is 0 Å². The highest BCUT2D eigenvalue weighted by molar-refractivity contribution is 6.01. The molecule has 4 aliphatic carbocycles. The van der Waals surface area contributed by atoms with Crippen molar-refractivity contribution >= 4 is 17.5 Å². The fraction of sp³-hybridized carbons (Fsp3) is 0.731. The zero-order valence-electron chi connectivity index (χ0n) is 19.4. The number of esters is 1. The fourth-order valence-corrected chi connectivity index (χ4v) is 7.45. The van der Waals surface area contributed by atoms with Gasteiger partial charge < -0.3 is 14.9 Å². The molecule has 4 rings (SSSR count). The van der Waals surface area contributed by atoms with E-state index < -0.39 is 35.5 Å². The van der Waals surface area contributed by atoms with E-state index in [0.29, 0.717) is 25.7 Å². The number of aliphatic hydroxyl groups excluding tert-OH is 1. The van der Waals surface area contributed by atoms with Gasteiger partial charge in [-0.1, -0.05) is 38.8 Å². The Morgan fingerprint density at radius 3 is 2.72 bits per heavy atom. The molecule has 4 aliphatic rings. The van der Waals surface area contributed by atoms with Gasteiger partial charge in [-0.05, 0) is 62.5 Å². The van der Waals surface area contributed by atoms with Crippen LogP contribution in [0.15, 0.2) is 23.8 Å². The minimum absolute atomic E-state index is 0.000356. The fourth-order valence-electron chi connectivity index (χ4n) is 7.45. The van der Waals surface area contributed by atoms with Gasteiger partial charge in [0.2, 0.25) is 5.78 Å². The number of ether oxygens (including phenoxy) is 1.